The van der Waals surface area contributed by atoms with Crippen LogP contribution in [0.1, 0.15) is 36.8 Å². The summed E-state index contributed by atoms with van der Waals surface area (Å²) < 4.78 is 0. The van der Waals surface area contributed by atoms with E-state index in [0.29, 0.717) is 6.04 Å². The van der Waals surface area contributed by atoms with E-state index in [0.717, 1.165) is 25.7 Å². The van der Waals surface area contributed by atoms with Crippen molar-refractivity contribution in [2.75, 3.05) is 32.1 Å². The fourth-order valence-electron chi connectivity index (χ4n) is 3.17. The Bertz CT molecular complexity index is 482. The average molecular weight is 288 g/mol. The monoisotopic (exact) mass is 288 g/mol. The van der Waals surface area contributed by atoms with Crippen LogP contribution in [0.5, 0.6) is 0 Å². The third-order valence-corrected chi connectivity index (χ3v) is 4.71. The molecule has 1 N–H and O–H groups in total. The highest BCUT2D eigenvalue weighted by molar-refractivity contribution is 5.48. The summed E-state index contributed by atoms with van der Waals surface area (Å²) in [6, 6.07) is 3.71. The third-order valence-electron chi connectivity index (χ3n) is 4.71. The van der Waals surface area contributed by atoms with Gasteiger partial charge in [-0.15, -0.1) is 0 Å². The minimum absolute atomic E-state index is 0.649. The Labute approximate surface area is 128 Å². The van der Waals surface area contributed by atoms with E-state index in [1.165, 1.54) is 42.6 Å². The summed E-state index contributed by atoms with van der Waals surface area (Å²) in [6.07, 6.45) is 7.28. The van der Waals surface area contributed by atoms with Crippen molar-refractivity contribution in [3.05, 3.63) is 23.4 Å². The lowest BCUT2D eigenvalue weighted by molar-refractivity contribution is 0.257. The number of nitrogens with zero attached hydrogens (tertiary/aromatic N) is 3. The molecule has 4 heteroatoms. The Morgan fingerprint density at radius 2 is 2.14 bits per heavy atom. The summed E-state index contributed by atoms with van der Waals surface area (Å²) >= 11 is 0. The van der Waals surface area contributed by atoms with Crippen LogP contribution in [0.3, 0.4) is 0 Å². The first-order valence-corrected chi connectivity index (χ1v) is 8.24. The van der Waals surface area contributed by atoms with Crippen molar-refractivity contribution in [3.8, 4) is 0 Å². The first kappa shape index (κ1) is 14.8. The minimum atomic E-state index is 0.649. The largest absolute Gasteiger partial charge is 0.355 e. The molecule has 4 nitrogen and oxygen atoms in total. The van der Waals surface area contributed by atoms with Crippen molar-refractivity contribution in [1.29, 1.82) is 0 Å². The summed E-state index contributed by atoms with van der Waals surface area (Å²) in [4.78, 5) is 9.56. The van der Waals surface area contributed by atoms with Gasteiger partial charge in [-0.1, -0.05) is 0 Å². The van der Waals surface area contributed by atoms with Crippen molar-refractivity contribution in [2.24, 2.45) is 0 Å². The molecule has 1 aromatic rings. The van der Waals surface area contributed by atoms with E-state index in [1.54, 1.807) is 0 Å². The van der Waals surface area contributed by atoms with E-state index in [4.69, 9.17) is 4.98 Å². The van der Waals surface area contributed by atoms with Gasteiger partial charge in [0.1, 0.15) is 5.82 Å². The number of hydrogen-bond donors (Lipinski definition) is 1. The molecule has 116 valence electrons. The van der Waals surface area contributed by atoms with Gasteiger partial charge in [0.05, 0.1) is 0 Å². The van der Waals surface area contributed by atoms with Crippen molar-refractivity contribution >= 4 is 5.82 Å². The number of aryl methyl sites for hydroxylation is 1. The maximum Gasteiger partial charge on any atom is 0.131 e. The first-order valence-electron chi connectivity index (χ1n) is 8.24. The molecule has 2 aliphatic rings. The Kier molecular flexibility index (Phi) is 4.45. The van der Waals surface area contributed by atoms with Crippen LogP contribution in [0.2, 0.25) is 0 Å². The van der Waals surface area contributed by atoms with Gasteiger partial charge in [0.25, 0.3) is 0 Å². The van der Waals surface area contributed by atoms with Gasteiger partial charge in [0.15, 0.2) is 0 Å². The molecule has 1 aliphatic heterocycles. The molecule has 0 amide bonds. The average Bonchev–Trinajstić information content (AvgIpc) is 3.29. The molecule has 1 atom stereocenters. The Hall–Kier alpha value is -1.13. The van der Waals surface area contributed by atoms with Crippen molar-refractivity contribution in [2.45, 2.75) is 51.2 Å². The number of piperidine rings is 1. The minimum Gasteiger partial charge on any atom is -0.355 e. The summed E-state index contributed by atoms with van der Waals surface area (Å²) in [5.74, 6) is 1.18. The fourth-order valence-corrected chi connectivity index (χ4v) is 3.17. The van der Waals surface area contributed by atoms with E-state index in [9.17, 15) is 0 Å². The molecule has 1 unspecified atom stereocenters. The predicted molar refractivity (Wildman–Crippen MR) is 87.8 cm³/mol. The zero-order valence-electron chi connectivity index (χ0n) is 13.6. The highest BCUT2D eigenvalue weighted by Crippen LogP contribution is 2.24. The molecule has 1 aliphatic carbocycles. The van der Waals surface area contributed by atoms with Gasteiger partial charge in [0.2, 0.25) is 0 Å². The summed E-state index contributed by atoms with van der Waals surface area (Å²) in [7, 11) is 4.36. The Balaban J connectivity index is 1.66. The van der Waals surface area contributed by atoms with Crippen LogP contribution in [0.15, 0.2) is 12.3 Å². The van der Waals surface area contributed by atoms with Crippen molar-refractivity contribution < 1.29 is 0 Å². The van der Waals surface area contributed by atoms with Gasteiger partial charge in [0, 0.05) is 37.9 Å². The van der Waals surface area contributed by atoms with Crippen LogP contribution in [-0.4, -0.2) is 49.2 Å². The molecule has 0 spiro atoms. The van der Waals surface area contributed by atoms with Gasteiger partial charge < -0.3 is 15.1 Å². The Morgan fingerprint density at radius 1 is 1.33 bits per heavy atom. The zero-order valence-corrected chi connectivity index (χ0v) is 13.6. The molecule has 0 bridgehead atoms. The molecule has 1 aromatic heterocycles. The number of nitrogens with one attached hydrogen (secondary N) is 1. The fraction of sp³-hybridized carbons (Fsp3) is 0.706. The van der Waals surface area contributed by atoms with E-state index in [2.05, 4.69) is 48.4 Å². The second-order valence-corrected chi connectivity index (χ2v) is 6.84. The van der Waals surface area contributed by atoms with E-state index >= 15 is 0 Å². The van der Waals surface area contributed by atoms with Crippen molar-refractivity contribution in [1.82, 2.24) is 15.2 Å². The number of rotatable bonds is 5. The van der Waals surface area contributed by atoms with Crippen molar-refractivity contribution in [3.63, 3.8) is 0 Å². The molecule has 2 heterocycles. The number of likely N-dealkylation sites (N-methyl/N-ethyl adjacent to an activating group) is 1. The lowest BCUT2D eigenvalue weighted by atomic mass is 10.0. The normalized spacial score (nSPS) is 22.9. The molecule has 0 aromatic carbocycles. The lowest BCUT2D eigenvalue weighted by Crippen LogP contribution is -2.45. The van der Waals surface area contributed by atoms with Gasteiger partial charge in [-0.25, -0.2) is 4.98 Å². The summed E-state index contributed by atoms with van der Waals surface area (Å²) in [6.45, 7) is 5.39. The maximum absolute atomic E-state index is 4.76. The highest BCUT2D eigenvalue weighted by Gasteiger charge is 2.23. The molecule has 1 saturated carbocycles. The van der Waals surface area contributed by atoms with Crippen LogP contribution in [-0.2, 0) is 6.54 Å². The number of hydrogen-bond acceptors (Lipinski definition) is 4. The highest BCUT2D eigenvalue weighted by atomic mass is 15.2. The van der Waals surface area contributed by atoms with Gasteiger partial charge in [-0.05, 0) is 63.9 Å². The van der Waals surface area contributed by atoms with Crippen LogP contribution in [0, 0.1) is 6.92 Å². The Morgan fingerprint density at radius 3 is 2.81 bits per heavy atom. The smallest absolute Gasteiger partial charge is 0.131 e. The molecular weight excluding hydrogens is 260 g/mol. The SMILES string of the molecule is Cc1cc(CNC2CC2)cnc1N1CCCC(N(C)C)C1. The molecular formula is C17H28N4. The zero-order chi connectivity index (χ0) is 14.8. The standard InChI is InChI=1S/C17H28N4/c1-13-9-14(10-18-15-6-7-15)11-19-17(13)21-8-4-5-16(12-21)20(2)3/h9,11,15-16,18H,4-8,10,12H2,1-3H3. The van der Waals surface area contributed by atoms with Crippen LogP contribution >= 0.6 is 0 Å². The second-order valence-electron chi connectivity index (χ2n) is 6.84. The quantitative estimate of drug-likeness (QED) is 0.900. The molecule has 2 fully saturated rings. The van der Waals surface area contributed by atoms with Crippen LogP contribution < -0.4 is 10.2 Å². The molecule has 21 heavy (non-hydrogen) atoms. The third kappa shape index (κ3) is 3.74. The molecule has 1 saturated heterocycles. The first-order chi connectivity index (χ1) is 10.1. The van der Waals surface area contributed by atoms with E-state index in [-0.39, 0.29) is 0 Å². The number of aromatic nitrogens is 1. The van der Waals surface area contributed by atoms with Gasteiger partial charge in [-0.2, -0.15) is 0 Å². The summed E-state index contributed by atoms with van der Waals surface area (Å²) in [5.41, 5.74) is 2.62. The molecule has 3 rings (SSSR count). The van der Waals surface area contributed by atoms with Crippen LogP contribution in [0.4, 0.5) is 5.82 Å². The maximum atomic E-state index is 4.76. The van der Waals surface area contributed by atoms with E-state index in [1.807, 2.05) is 0 Å². The lowest BCUT2D eigenvalue weighted by Gasteiger charge is -2.37. The predicted octanol–water partition coefficient (Wildman–Crippen LogP) is 2.17. The second kappa shape index (κ2) is 6.32. The number of anilines is 1. The van der Waals surface area contributed by atoms with Crippen LogP contribution in [0.25, 0.3) is 0 Å². The topological polar surface area (TPSA) is 31.4 Å². The molecule has 0 radical (unpaired) electrons. The van der Waals surface area contributed by atoms with E-state index < -0.39 is 0 Å². The van der Waals surface area contributed by atoms with Gasteiger partial charge >= 0.3 is 0 Å². The summed E-state index contributed by atoms with van der Waals surface area (Å²) in [5, 5.41) is 3.56. The van der Waals surface area contributed by atoms with Gasteiger partial charge in [-0.3, -0.25) is 0 Å². The number of pyridine rings is 1.